The van der Waals surface area contributed by atoms with Gasteiger partial charge in [-0.05, 0) is 93.4 Å². The Morgan fingerprint density at radius 3 is 0.804 bits per heavy atom. The van der Waals surface area contributed by atoms with Gasteiger partial charge in [0, 0.05) is 115 Å². The Bertz CT molecular complexity index is 1210. The summed E-state index contributed by atoms with van der Waals surface area (Å²) in [6, 6.07) is 0. The standard InChI is InChI=1S/2C19H35N5O3Si/c2*1-4-25-28(26-5-2,27-6-3)19-24(13-7-11-22-15-9-20-17-22)14-8-12-23-16-10-21-18-23/h2*9-10,15-18H,4-8,11-14,19H2,1-3H3. The molecule has 56 heavy (non-hydrogen) atoms. The van der Waals surface area contributed by atoms with Gasteiger partial charge in [0.25, 0.3) is 0 Å². The molecule has 4 aromatic heterocycles. The molecule has 16 nitrogen and oxygen atoms in total. The minimum absolute atomic E-state index is 0.601. The second kappa shape index (κ2) is 28.4. The van der Waals surface area contributed by atoms with E-state index in [9.17, 15) is 0 Å². The predicted octanol–water partition coefficient (Wildman–Crippen LogP) is 4.90. The molecule has 0 amide bonds. The third-order valence-electron chi connectivity index (χ3n) is 8.82. The summed E-state index contributed by atoms with van der Waals surface area (Å²) in [5.41, 5.74) is 0. The van der Waals surface area contributed by atoms with Crippen LogP contribution in [0.25, 0.3) is 0 Å². The van der Waals surface area contributed by atoms with Crippen LogP contribution in [0.15, 0.2) is 74.9 Å². The molecule has 0 bridgehead atoms. The van der Waals surface area contributed by atoms with E-state index >= 15 is 0 Å². The van der Waals surface area contributed by atoms with Gasteiger partial charge < -0.3 is 44.8 Å². The molecule has 0 saturated heterocycles. The van der Waals surface area contributed by atoms with Crippen molar-refractivity contribution in [2.45, 2.75) is 93.4 Å². The number of aromatic nitrogens is 8. The number of hydrogen-bond donors (Lipinski definition) is 0. The number of aryl methyl sites for hydroxylation is 4. The summed E-state index contributed by atoms with van der Waals surface area (Å²) in [6.07, 6.45) is 28.3. The zero-order chi connectivity index (χ0) is 40.2. The molecule has 0 radical (unpaired) electrons. The van der Waals surface area contributed by atoms with Crippen LogP contribution in [0.5, 0.6) is 0 Å². The smallest absolute Gasteiger partial charge is 0.373 e. The Balaban J connectivity index is 0.000000300. The number of imidazole rings is 4. The van der Waals surface area contributed by atoms with Crippen molar-refractivity contribution >= 4 is 17.6 Å². The summed E-state index contributed by atoms with van der Waals surface area (Å²) >= 11 is 0. The van der Waals surface area contributed by atoms with Crippen molar-refractivity contribution in [3.05, 3.63) is 74.9 Å². The van der Waals surface area contributed by atoms with Crippen LogP contribution in [-0.4, -0.2) is 144 Å². The van der Waals surface area contributed by atoms with E-state index in [1.54, 1.807) is 0 Å². The molecule has 0 saturated carbocycles. The lowest BCUT2D eigenvalue weighted by Crippen LogP contribution is -2.56. The zero-order valence-corrected chi connectivity index (χ0v) is 37.0. The number of rotatable bonds is 32. The maximum atomic E-state index is 6.07. The van der Waals surface area contributed by atoms with Gasteiger partial charge >= 0.3 is 17.6 Å². The highest BCUT2D eigenvalue weighted by molar-refractivity contribution is 6.61. The molecule has 0 aliphatic heterocycles. The lowest BCUT2D eigenvalue weighted by atomic mass is 10.3. The van der Waals surface area contributed by atoms with Crippen LogP contribution in [0.2, 0.25) is 0 Å². The Kier molecular flexibility index (Phi) is 24.0. The molecule has 0 aromatic carbocycles. The Morgan fingerprint density at radius 1 is 0.393 bits per heavy atom. The van der Waals surface area contributed by atoms with Gasteiger partial charge in [-0.3, -0.25) is 9.80 Å². The van der Waals surface area contributed by atoms with E-state index in [4.69, 9.17) is 26.6 Å². The number of nitrogens with zero attached hydrogens (tertiary/aromatic N) is 10. The minimum Gasteiger partial charge on any atom is -0.373 e. The van der Waals surface area contributed by atoms with E-state index in [0.29, 0.717) is 39.6 Å². The number of hydrogen-bond acceptors (Lipinski definition) is 12. The highest BCUT2D eigenvalue weighted by Gasteiger charge is 2.43. The molecule has 18 heteroatoms. The summed E-state index contributed by atoms with van der Waals surface area (Å²) in [6.45, 7) is 23.3. The van der Waals surface area contributed by atoms with Gasteiger partial charge in [-0.1, -0.05) is 0 Å². The van der Waals surface area contributed by atoms with Gasteiger partial charge in [0.2, 0.25) is 0 Å². The van der Waals surface area contributed by atoms with Gasteiger partial charge in [0.15, 0.2) is 0 Å². The highest BCUT2D eigenvalue weighted by atomic mass is 28.4. The van der Waals surface area contributed by atoms with E-state index in [1.165, 1.54) is 0 Å². The fraction of sp³-hybridized carbons (Fsp3) is 0.684. The molecule has 0 unspecified atom stereocenters. The molecule has 4 heterocycles. The van der Waals surface area contributed by atoms with E-state index in [-0.39, 0.29) is 0 Å². The predicted molar refractivity (Wildman–Crippen MR) is 222 cm³/mol. The molecule has 316 valence electrons. The first-order valence-corrected chi connectivity index (χ1v) is 24.4. The average Bonchev–Trinajstić information content (AvgIpc) is 4.03. The van der Waals surface area contributed by atoms with E-state index in [2.05, 4.69) is 48.0 Å². The maximum absolute atomic E-state index is 6.07. The maximum Gasteiger partial charge on any atom is 0.515 e. The molecule has 0 spiro atoms. The lowest BCUT2D eigenvalue weighted by Gasteiger charge is -2.33. The van der Waals surface area contributed by atoms with Crippen LogP contribution in [-0.2, 0) is 52.7 Å². The molecule has 0 aliphatic rings. The second-order valence-corrected chi connectivity index (χ2v) is 18.2. The quantitative estimate of drug-likeness (QED) is 0.0622. The van der Waals surface area contributed by atoms with Gasteiger partial charge in [-0.25, -0.2) is 19.9 Å². The first-order chi connectivity index (χ1) is 27.4. The monoisotopic (exact) mass is 819 g/mol. The van der Waals surface area contributed by atoms with Crippen molar-refractivity contribution in [3.8, 4) is 0 Å². The lowest BCUT2D eigenvalue weighted by molar-refractivity contribution is 0.0552. The highest BCUT2D eigenvalue weighted by Crippen LogP contribution is 2.15. The van der Waals surface area contributed by atoms with Crippen molar-refractivity contribution in [1.82, 2.24) is 48.0 Å². The van der Waals surface area contributed by atoms with Crippen molar-refractivity contribution in [3.63, 3.8) is 0 Å². The Hall–Kier alpha value is -3.05. The third kappa shape index (κ3) is 18.5. The topological polar surface area (TPSA) is 133 Å². The minimum atomic E-state index is -2.70. The van der Waals surface area contributed by atoms with E-state index < -0.39 is 17.6 Å². The normalized spacial score (nSPS) is 12.1. The zero-order valence-electron chi connectivity index (χ0n) is 35.0. The van der Waals surface area contributed by atoms with Crippen LogP contribution in [0.4, 0.5) is 0 Å². The van der Waals surface area contributed by atoms with Gasteiger partial charge in [0.1, 0.15) is 0 Å². The third-order valence-corrected chi connectivity index (χ3v) is 14.9. The van der Waals surface area contributed by atoms with Gasteiger partial charge in [-0.2, -0.15) is 0 Å². The largest absolute Gasteiger partial charge is 0.515 e. The summed E-state index contributed by atoms with van der Waals surface area (Å²) in [7, 11) is -5.41. The Morgan fingerprint density at radius 2 is 0.625 bits per heavy atom. The van der Waals surface area contributed by atoms with Crippen molar-refractivity contribution < 1.29 is 26.6 Å². The fourth-order valence-electron chi connectivity index (χ4n) is 6.51. The van der Waals surface area contributed by atoms with Crippen LogP contribution >= 0.6 is 0 Å². The first kappa shape index (κ1) is 47.3. The summed E-state index contributed by atoms with van der Waals surface area (Å²) < 4.78 is 44.9. The molecule has 0 fully saturated rings. The summed E-state index contributed by atoms with van der Waals surface area (Å²) in [5, 5.41) is 0. The van der Waals surface area contributed by atoms with Crippen LogP contribution in [0.3, 0.4) is 0 Å². The summed E-state index contributed by atoms with van der Waals surface area (Å²) in [4.78, 5) is 21.3. The van der Waals surface area contributed by atoms with Gasteiger partial charge in [-0.15, -0.1) is 0 Å². The molecule has 0 aliphatic carbocycles. The second-order valence-electron chi connectivity index (χ2n) is 13.1. The molecule has 0 atom stereocenters. The van der Waals surface area contributed by atoms with Crippen LogP contribution < -0.4 is 0 Å². The van der Waals surface area contributed by atoms with Crippen molar-refractivity contribution in [1.29, 1.82) is 0 Å². The van der Waals surface area contributed by atoms with E-state index in [1.807, 2.05) is 116 Å². The molecule has 4 rings (SSSR count). The van der Waals surface area contributed by atoms with Crippen LogP contribution in [0, 0.1) is 0 Å². The fourth-order valence-corrected chi connectivity index (χ4v) is 11.9. The Labute approximate surface area is 337 Å². The SMILES string of the molecule is CCO[Si](CN(CCCn1ccnc1)CCCn1ccnc1)(OCC)OCC.CCO[Si](CN(CCCn1ccnc1)CCCn1ccnc1)(OCC)OCC. The van der Waals surface area contributed by atoms with Crippen LogP contribution in [0.1, 0.15) is 67.2 Å². The molecular formula is C38H70N10O6Si2. The summed E-state index contributed by atoms with van der Waals surface area (Å²) in [5.74, 6) is 0. The van der Waals surface area contributed by atoms with Gasteiger partial charge in [0.05, 0.1) is 37.6 Å². The molecule has 4 aromatic rings. The molecule has 0 N–H and O–H groups in total. The first-order valence-electron chi connectivity index (χ1n) is 20.5. The molecular weight excluding hydrogens is 749 g/mol. The van der Waals surface area contributed by atoms with E-state index in [0.717, 1.165) is 90.4 Å². The average molecular weight is 819 g/mol. The van der Waals surface area contributed by atoms with Crippen molar-refractivity contribution in [2.24, 2.45) is 0 Å². The van der Waals surface area contributed by atoms with Crippen molar-refractivity contribution in [2.75, 3.05) is 78.2 Å².